The molecule has 0 aromatic rings. The molecule has 0 radical (unpaired) electrons. The zero-order chi connectivity index (χ0) is 5.82. The number of hydroxylamine groups is 2. The van der Waals surface area contributed by atoms with E-state index >= 15 is 0 Å². The second-order valence-corrected chi connectivity index (χ2v) is 1.81. The van der Waals surface area contributed by atoms with Crippen LogP contribution in [0.5, 0.6) is 0 Å². The van der Waals surface area contributed by atoms with E-state index in [4.69, 9.17) is 4.84 Å². The molecule has 0 atom stereocenters. The highest BCUT2D eigenvalue weighted by Crippen LogP contribution is 2.03. The fraction of sp³-hybridized carbons (Fsp3) is 0.667. The molecule has 2 heteroatoms. The lowest BCUT2D eigenvalue weighted by Gasteiger charge is -1.93. The van der Waals surface area contributed by atoms with Crippen molar-refractivity contribution in [2.75, 3.05) is 13.1 Å². The highest BCUT2D eigenvalue weighted by molar-refractivity contribution is 4.72. The summed E-state index contributed by atoms with van der Waals surface area (Å²) < 4.78 is 0. The number of nitrogens with zero attached hydrogens (tertiary/aromatic N) is 1. The van der Waals surface area contributed by atoms with Gasteiger partial charge in [0.25, 0.3) is 0 Å². The molecule has 0 saturated carbocycles. The predicted octanol–water partition coefficient (Wildman–Crippen LogP) is 1.16. The molecule has 1 saturated heterocycles. The van der Waals surface area contributed by atoms with Crippen molar-refractivity contribution < 1.29 is 4.84 Å². The van der Waals surface area contributed by atoms with Gasteiger partial charge in [0.2, 0.25) is 0 Å². The minimum atomic E-state index is 1.05. The van der Waals surface area contributed by atoms with Crippen molar-refractivity contribution in [1.82, 2.24) is 5.06 Å². The second kappa shape index (κ2) is 2.72. The van der Waals surface area contributed by atoms with Crippen molar-refractivity contribution >= 4 is 0 Å². The first kappa shape index (κ1) is 5.63. The van der Waals surface area contributed by atoms with Gasteiger partial charge >= 0.3 is 0 Å². The normalized spacial score (nSPS) is 19.6. The molecule has 2 nitrogen and oxygen atoms in total. The lowest BCUT2D eigenvalue weighted by molar-refractivity contribution is 0.0123. The summed E-state index contributed by atoms with van der Waals surface area (Å²) in [4.78, 5) is 5.05. The molecule has 0 aromatic heterocycles. The molecule has 0 spiro atoms. The van der Waals surface area contributed by atoms with Crippen LogP contribution in [0, 0.1) is 0 Å². The highest BCUT2D eigenvalue weighted by Gasteiger charge is 2.16. The molecule has 0 N–H and O–H groups in total. The van der Waals surface area contributed by atoms with Gasteiger partial charge in [-0.15, -0.1) is 5.06 Å². The molecule has 0 aromatic carbocycles. The Morgan fingerprint density at radius 3 is 2.88 bits per heavy atom. The van der Waals surface area contributed by atoms with Gasteiger partial charge in [-0.05, 0) is 12.5 Å². The number of hydrogen-bond donors (Lipinski definition) is 0. The summed E-state index contributed by atoms with van der Waals surface area (Å²) >= 11 is 0. The maximum Gasteiger partial charge on any atom is 0.107 e. The summed E-state index contributed by atoms with van der Waals surface area (Å²) in [5.41, 5.74) is 0. The molecule has 8 heavy (non-hydrogen) atoms. The van der Waals surface area contributed by atoms with Gasteiger partial charge in [0.05, 0.1) is 13.1 Å². The van der Waals surface area contributed by atoms with Crippen LogP contribution in [0.25, 0.3) is 0 Å². The molecule has 0 unspecified atom stereocenters. The van der Waals surface area contributed by atoms with Crippen LogP contribution in [-0.4, -0.2) is 18.2 Å². The molecular formula is C6H11NO. The summed E-state index contributed by atoms with van der Waals surface area (Å²) in [7, 11) is 0. The second-order valence-electron chi connectivity index (χ2n) is 1.81. The Hall–Kier alpha value is -0.500. The van der Waals surface area contributed by atoms with Gasteiger partial charge in [-0.25, -0.2) is 0 Å². The minimum Gasteiger partial charge on any atom is -0.414 e. The van der Waals surface area contributed by atoms with Gasteiger partial charge < -0.3 is 4.84 Å². The third kappa shape index (κ3) is 1.98. The molecule has 1 rings (SSSR count). The van der Waals surface area contributed by atoms with E-state index in [-0.39, 0.29) is 0 Å². The first-order valence-corrected chi connectivity index (χ1v) is 3.00. The summed E-state index contributed by atoms with van der Waals surface area (Å²) in [6.45, 7) is 4.27. The lowest BCUT2D eigenvalue weighted by Crippen LogP contribution is -1.88. The first-order valence-electron chi connectivity index (χ1n) is 3.00. The summed E-state index contributed by atoms with van der Waals surface area (Å²) in [6.07, 6.45) is 4.79. The van der Waals surface area contributed by atoms with Crippen molar-refractivity contribution in [2.24, 2.45) is 0 Å². The minimum absolute atomic E-state index is 1.05. The number of rotatable bonds is 3. The van der Waals surface area contributed by atoms with E-state index in [1.807, 2.05) is 11.1 Å². The Bertz CT molecular complexity index is 86.5. The Labute approximate surface area is 49.7 Å². The maximum absolute atomic E-state index is 5.05. The third-order valence-electron chi connectivity index (χ3n) is 0.948. The van der Waals surface area contributed by atoms with Gasteiger partial charge in [-0.1, -0.05) is 6.92 Å². The quantitative estimate of drug-likeness (QED) is 0.402. The monoisotopic (exact) mass is 113 g/mol. The van der Waals surface area contributed by atoms with Crippen molar-refractivity contribution in [3.8, 4) is 0 Å². The first-order chi connectivity index (χ1) is 3.93. The number of allylic oxidation sites excluding steroid dienone is 1. The standard InChI is InChI=1S/C6H11NO/c1-2-3-6-8-7-4-5-7/h3,6H,2,4-5H2,1H3. The SMILES string of the molecule is CCC=CON1CC1. The molecule has 0 aliphatic carbocycles. The van der Waals surface area contributed by atoms with Crippen LogP contribution in [-0.2, 0) is 4.84 Å². The average molecular weight is 113 g/mol. The summed E-state index contributed by atoms with van der Waals surface area (Å²) in [5, 5.41) is 1.90. The average Bonchev–Trinajstić information content (AvgIpc) is 2.51. The summed E-state index contributed by atoms with van der Waals surface area (Å²) in [5.74, 6) is 0. The molecule has 1 aliphatic rings. The van der Waals surface area contributed by atoms with E-state index in [2.05, 4.69) is 6.92 Å². The van der Waals surface area contributed by atoms with Crippen molar-refractivity contribution in [3.05, 3.63) is 12.3 Å². The van der Waals surface area contributed by atoms with E-state index in [1.165, 1.54) is 0 Å². The Morgan fingerprint density at radius 1 is 1.62 bits per heavy atom. The van der Waals surface area contributed by atoms with E-state index in [1.54, 1.807) is 6.26 Å². The van der Waals surface area contributed by atoms with Gasteiger partial charge in [0.15, 0.2) is 0 Å². The molecule has 1 heterocycles. The largest absolute Gasteiger partial charge is 0.414 e. The van der Waals surface area contributed by atoms with Gasteiger partial charge in [0, 0.05) is 0 Å². The Balaban J connectivity index is 1.93. The zero-order valence-electron chi connectivity index (χ0n) is 5.13. The van der Waals surface area contributed by atoms with Crippen LogP contribution in [0.1, 0.15) is 13.3 Å². The van der Waals surface area contributed by atoms with Crippen LogP contribution in [0.4, 0.5) is 0 Å². The van der Waals surface area contributed by atoms with E-state index in [9.17, 15) is 0 Å². The van der Waals surface area contributed by atoms with Crippen LogP contribution >= 0.6 is 0 Å². The van der Waals surface area contributed by atoms with Crippen molar-refractivity contribution in [3.63, 3.8) is 0 Å². The van der Waals surface area contributed by atoms with Gasteiger partial charge in [-0.3, -0.25) is 0 Å². The van der Waals surface area contributed by atoms with Crippen molar-refractivity contribution in [2.45, 2.75) is 13.3 Å². The molecule has 1 fully saturated rings. The van der Waals surface area contributed by atoms with Gasteiger partial charge in [-0.2, -0.15) is 0 Å². The molecule has 1 aliphatic heterocycles. The van der Waals surface area contributed by atoms with E-state index < -0.39 is 0 Å². The third-order valence-corrected chi connectivity index (χ3v) is 0.948. The van der Waals surface area contributed by atoms with Crippen LogP contribution in [0.15, 0.2) is 12.3 Å². The molecule has 46 valence electrons. The molecule has 0 bridgehead atoms. The molecular weight excluding hydrogens is 102 g/mol. The van der Waals surface area contributed by atoms with Crippen molar-refractivity contribution in [1.29, 1.82) is 0 Å². The Morgan fingerprint density at radius 2 is 2.38 bits per heavy atom. The zero-order valence-corrected chi connectivity index (χ0v) is 5.13. The number of hydrogen-bond acceptors (Lipinski definition) is 2. The highest BCUT2D eigenvalue weighted by atomic mass is 16.7. The maximum atomic E-state index is 5.05. The fourth-order valence-electron chi connectivity index (χ4n) is 0.372. The van der Waals surface area contributed by atoms with Gasteiger partial charge in [0.1, 0.15) is 6.26 Å². The van der Waals surface area contributed by atoms with Crippen LogP contribution in [0.2, 0.25) is 0 Å². The lowest BCUT2D eigenvalue weighted by atomic mass is 10.5. The van der Waals surface area contributed by atoms with Crippen LogP contribution < -0.4 is 0 Å². The Kier molecular flexibility index (Phi) is 1.92. The predicted molar refractivity (Wildman–Crippen MR) is 32.1 cm³/mol. The van der Waals surface area contributed by atoms with E-state index in [0.29, 0.717) is 0 Å². The topological polar surface area (TPSA) is 12.2 Å². The fourth-order valence-corrected chi connectivity index (χ4v) is 0.372. The smallest absolute Gasteiger partial charge is 0.107 e. The summed E-state index contributed by atoms with van der Waals surface area (Å²) in [6, 6.07) is 0. The van der Waals surface area contributed by atoms with Crippen LogP contribution in [0.3, 0.4) is 0 Å². The van der Waals surface area contributed by atoms with E-state index in [0.717, 1.165) is 19.5 Å². The molecule has 0 amide bonds.